The number of hydrogen-bond donors (Lipinski definition) is 0. The van der Waals surface area contributed by atoms with Gasteiger partial charge in [0.05, 0.1) is 6.54 Å². The molecule has 0 amide bonds. The molecular weight excluding hydrogens is 138 g/mol. The lowest BCUT2D eigenvalue weighted by Gasteiger charge is -2.27. The van der Waals surface area contributed by atoms with Gasteiger partial charge in [0.15, 0.2) is 5.96 Å². The second kappa shape index (κ2) is 3.11. The smallest absolute Gasteiger partial charge is 0.196 e. The molecule has 0 aliphatic carbocycles. The summed E-state index contributed by atoms with van der Waals surface area (Å²) in [6, 6.07) is 0.536. The average molecular weight is 155 g/mol. The number of guanidine groups is 1. The van der Waals surface area contributed by atoms with Gasteiger partial charge in [-0.15, -0.1) is 0 Å². The summed E-state index contributed by atoms with van der Waals surface area (Å²) in [5.74, 6) is 1.13. The Bertz CT molecular complexity index is 163. The molecule has 1 heterocycles. The van der Waals surface area contributed by atoms with E-state index in [-0.39, 0.29) is 0 Å². The van der Waals surface area contributed by atoms with E-state index >= 15 is 0 Å². The van der Waals surface area contributed by atoms with Gasteiger partial charge < -0.3 is 9.80 Å². The van der Waals surface area contributed by atoms with E-state index in [0.29, 0.717) is 6.04 Å². The fourth-order valence-electron chi connectivity index (χ4n) is 1.13. The third kappa shape index (κ3) is 1.64. The van der Waals surface area contributed by atoms with Crippen molar-refractivity contribution in [2.75, 3.05) is 27.2 Å². The molecule has 0 aromatic heterocycles. The van der Waals surface area contributed by atoms with Gasteiger partial charge in [-0.2, -0.15) is 0 Å². The van der Waals surface area contributed by atoms with E-state index in [1.54, 1.807) is 0 Å². The topological polar surface area (TPSA) is 18.8 Å². The third-order valence-corrected chi connectivity index (χ3v) is 2.12. The minimum absolute atomic E-state index is 0.536. The number of nitrogens with zero attached hydrogens (tertiary/aromatic N) is 3. The molecule has 0 spiro atoms. The van der Waals surface area contributed by atoms with Crippen LogP contribution in [0.15, 0.2) is 4.99 Å². The number of aliphatic imine (C=N–C) groups is 1. The van der Waals surface area contributed by atoms with E-state index in [1.165, 1.54) is 0 Å². The van der Waals surface area contributed by atoms with Gasteiger partial charge in [0.2, 0.25) is 0 Å². The predicted octanol–water partition coefficient (Wildman–Crippen LogP) is 0.628. The van der Waals surface area contributed by atoms with Crippen molar-refractivity contribution in [2.24, 2.45) is 4.99 Å². The van der Waals surface area contributed by atoms with Crippen LogP contribution in [0.1, 0.15) is 13.8 Å². The Labute approximate surface area is 68.7 Å². The van der Waals surface area contributed by atoms with Crippen LogP contribution in [0.4, 0.5) is 0 Å². The molecule has 0 atom stereocenters. The van der Waals surface area contributed by atoms with Crippen molar-refractivity contribution in [3.8, 4) is 0 Å². The van der Waals surface area contributed by atoms with Gasteiger partial charge in [-0.3, -0.25) is 4.99 Å². The third-order valence-electron chi connectivity index (χ3n) is 2.12. The molecular formula is C8H17N3. The van der Waals surface area contributed by atoms with Crippen molar-refractivity contribution >= 4 is 5.96 Å². The van der Waals surface area contributed by atoms with Gasteiger partial charge in [0.1, 0.15) is 0 Å². The molecule has 1 aliphatic rings. The fourth-order valence-corrected chi connectivity index (χ4v) is 1.13. The van der Waals surface area contributed by atoms with E-state index in [0.717, 1.165) is 19.0 Å². The summed E-state index contributed by atoms with van der Waals surface area (Å²) in [4.78, 5) is 8.80. The predicted molar refractivity (Wildman–Crippen MR) is 47.8 cm³/mol. The van der Waals surface area contributed by atoms with Crippen molar-refractivity contribution < 1.29 is 0 Å². The minimum Gasteiger partial charge on any atom is -0.344 e. The van der Waals surface area contributed by atoms with E-state index in [1.807, 2.05) is 0 Å². The van der Waals surface area contributed by atoms with E-state index in [2.05, 4.69) is 42.7 Å². The lowest BCUT2D eigenvalue weighted by atomic mass is 10.3. The highest BCUT2D eigenvalue weighted by Crippen LogP contribution is 2.04. The Balaban J connectivity index is 2.59. The SMILES string of the molecule is CC(C)N(C)C1=NCCN1C. The summed E-state index contributed by atoms with van der Waals surface area (Å²) < 4.78 is 0. The van der Waals surface area contributed by atoms with Crippen molar-refractivity contribution in [2.45, 2.75) is 19.9 Å². The van der Waals surface area contributed by atoms with Crippen LogP contribution in [0.3, 0.4) is 0 Å². The van der Waals surface area contributed by atoms with Crippen LogP contribution >= 0.6 is 0 Å². The number of likely N-dealkylation sites (N-methyl/N-ethyl adjacent to an activating group) is 1. The van der Waals surface area contributed by atoms with Crippen molar-refractivity contribution in [3.63, 3.8) is 0 Å². The van der Waals surface area contributed by atoms with Gasteiger partial charge in [0.25, 0.3) is 0 Å². The van der Waals surface area contributed by atoms with Crippen LogP contribution in [0, 0.1) is 0 Å². The molecule has 0 unspecified atom stereocenters. The molecule has 0 fully saturated rings. The number of rotatable bonds is 1. The first kappa shape index (κ1) is 8.37. The Morgan fingerprint density at radius 3 is 2.55 bits per heavy atom. The van der Waals surface area contributed by atoms with Gasteiger partial charge >= 0.3 is 0 Å². The molecule has 0 aromatic rings. The van der Waals surface area contributed by atoms with Crippen LogP contribution in [0.25, 0.3) is 0 Å². The molecule has 0 aromatic carbocycles. The second-order valence-electron chi connectivity index (χ2n) is 3.31. The van der Waals surface area contributed by atoms with Crippen LogP contribution in [-0.4, -0.2) is 49.0 Å². The summed E-state index contributed by atoms with van der Waals surface area (Å²) in [5, 5.41) is 0. The van der Waals surface area contributed by atoms with Gasteiger partial charge in [-0.25, -0.2) is 0 Å². The minimum atomic E-state index is 0.536. The first-order chi connectivity index (χ1) is 5.13. The van der Waals surface area contributed by atoms with Gasteiger partial charge in [-0.05, 0) is 13.8 Å². The maximum Gasteiger partial charge on any atom is 0.196 e. The second-order valence-corrected chi connectivity index (χ2v) is 3.31. The first-order valence-corrected chi connectivity index (χ1v) is 4.11. The molecule has 0 saturated heterocycles. The molecule has 0 radical (unpaired) electrons. The van der Waals surface area contributed by atoms with Crippen LogP contribution < -0.4 is 0 Å². The monoisotopic (exact) mass is 155 g/mol. The highest BCUT2D eigenvalue weighted by molar-refractivity contribution is 5.81. The van der Waals surface area contributed by atoms with E-state index in [9.17, 15) is 0 Å². The van der Waals surface area contributed by atoms with Gasteiger partial charge in [0, 0.05) is 26.7 Å². The Morgan fingerprint density at radius 1 is 1.55 bits per heavy atom. The molecule has 1 rings (SSSR count). The summed E-state index contributed by atoms with van der Waals surface area (Å²) in [5.41, 5.74) is 0. The molecule has 3 nitrogen and oxygen atoms in total. The summed E-state index contributed by atoms with van der Waals surface area (Å²) >= 11 is 0. The van der Waals surface area contributed by atoms with E-state index in [4.69, 9.17) is 0 Å². The Hall–Kier alpha value is -0.730. The molecule has 0 saturated carbocycles. The van der Waals surface area contributed by atoms with Crippen molar-refractivity contribution in [3.05, 3.63) is 0 Å². The highest BCUT2D eigenvalue weighted by atomic mass is 15.4. The highest BCUT2D eigenvalue weighted by Gasteiger charge is 2.17. The lowest BCUT2D eigenvalue weighted by molar-refractivity contribution is 0.363. The summed E-state index contributed by atoms with van der Waals surface area (Å²) in [7, 11) is 4.18. The Morgan fingerprint density at radius 2 is 2.18 bits per heavy atom. The quantitative estimate of drug-likeness (QED) is 0.553. The molecule has 0 N–H and O–H groups in total. The molecule has 64 valence electrons. The normalized spacial score (nSPS) is 17.5. The zero-order valence-corrected chi connectivity index (χ0v) is 7.83. The van der Waals surface area contributed by atoms with Crippen LogP contribution in [-0.2, 0) is 0 Å². The van der Waals surface area contributed by atoms with Crippen LogP contribution in [0.2, 0.25) is 0 Å². The maximum atomic E-state index is 4.41. The molecule has 11 heavy (non-hydrogen) atoms. The Kier molecular flexibility index (Phi) is 2.37. The largest absolute Gasteiger partial charge is 0.344 e. The summed E-state index contributed by atoms with van der Waals surface area (Å²) in [6.45, 7) is 6.36. The maximum absolute atomic E-state index is 4.41. The zero-order chi connectivity index (χ0) is 8.43. The average Bonchev–Trinajstić information content (AvgIpc) is 2.33. The van der Waals surface area contributed by atoms with Gasteiger partial charge in [-0.1, -0.05) is 0 Å². The summed E-state index contributed by atoms with van der Waals surface area (Å²) in [6.07, 6.45) is 0. The zero-order valence-electron chi connectivity index (χ0n) is 7.83. The lowest BCUT2D eigenvalue weighted by Crippen LogP contribution is -2.41. The van der Waals surface area contributed by atoms with Crippen LogP contribution in [0.5, 0.6) is 0 Å². The standard InChI is InChI=1S/C8H17N3/c1-7(2)11(4)8-9-5-6-10(8)3/h7H,5-6H2,1-4H3. The molecule has 1 aliphatic heterocycles. The number of hydrogen-bond acceptors (Lipinski definition) is 3. The molecule has 0 bridgehead atoms. The first-order valence-electron chi connectivity index (χ1n) is 4.11. The molecule has 3 heteroatoms. The van der Waals surface area contributed by atoms with Crippen molar-refractivity contribution in [1.29, 1.82) is 0 Å². The van der Waals surface area contributed by atoms with E-state index < -0.39 is 0 Å². The van der Waals surface area contributed by atoms with Crippen molar-refractivity contribution in [1.82, 2.24) is 9.80 Å². The fraction of sp³-hybridized carbons (Fsp3) is 0.875.